The number of aryl methyl sites for hydroxylation is 1. The van der Waals surface area contributed by atoms with Crippen LogP contribution in [0.25, 0.3) is 11.3 Å². The first kappa shape index (κ1) is 15.3. The number of pyridine rings is 1. The second kappa shape index (κ2) is 4.94. The molecule has 2 aromatic rings. The molecule has 0 saturated heterocycles. The van der Waals surface area contributed by atoms with Gasteiger partial charge in [0.15, 0.2) is 0 Å². The molecule has 1 aliphatic carbocycles. The molecule has 0 N–H and O–H groups in total. The van der Waals surface area contributed by atoms with Gasteiger partial charge in [-0.25, -0.2) is 0 Å². The molecule has 1 heterocycles. The van der Waals surface area contributed by atoms with Crippen LogP contribution < -0.4 is 0 Å². The lowest BCUT2D eigenvalue weighted by atomic mass is 9.64. The van der Waals surface area contributed by atoms with Crippen molar-refractivity contribution in [1.82, 2.24) is 4.98 Å². The smallest absolute Gasteiger partial charge is 0.0707 e. The number of benzene rings is 1. The van der Waals surface area contributed by atoms with Crippen LogP contribution >= 0.6 is 0 Å². The average molecular weight is 293 g/mol. The van der Waals surface area contributed by atoms with E-state index in [0.717, 1.165) is 5.69 Å². The molecule has 0 saturated carbocycles. The normalized spacial score (nSPS) is 21.6. The highest BCUT2D eigenvalue weighted by molar-refractivity contribution is 5.65. The van der Waals surface area contributed by atoms with Gasteiger partial charge in [0, 0.05) is 11.8 Å². The molecule has 1 nitrogen and oxygen atoms in total. The largest absolute Gasteiger partial charge is 0.256 e. The zero-order valence-electron chi connectivity index (χ0n) is 14.7. The second-order valence-corrected chi connectivity index (χ2v) is 7.78. The summed E-state index contributed by atoms with van der Waals surface area (Å²) in [6.45, 7) is 14.0. The quantitative estimate of drug-likeness (QED) is 0.675. The first-order valence-corrected chi connectivity index (χ1v) is 8.37. The Bertz CT molecular complexity index is 710. The number of hydrogen-bond donors (Lipinski definition) is 0. The minimum Gasteiger partial charge on any atom is -0.256 e. The van der Waals surface area contributed by atoms with Crippen molar-refractivity contribution in [2.24, 2.45) is 5.41 Å². The summed E-state index contributed by atoms with van der Waals surface area (Å²) in [5.74, 6) is 0.600. The molecular weight excluding hydrogens is 266 g/mol. The highest BCUT2D eigenvalue weighted by atomic mass is 14.7. The van der Waals surface area contributed by atoms with E-state index in [1.54, 1.807) is 0 Å². The molecular formula is C21H27N. The van der Waals surface area contributed by atoms with Crippen molar-refractivity contribution < 1.29 is 0 Å². The maximum Gasteiger partial charge on any atom is 0.0707 e. The van der Waals surface area contributed by atoms with Gasteiger partial charge >= 0.3 is 0 Å². The standard InChI is InChI=1S/C21H27N/c1-7-17-16-12-19(15-11-9-8-10-14(15)2)22-13-18(16)21(5,6)20(17,3)4/h8-13,17H,7H2,1-6H3. The molecule has 1 heteroatoms. The fourth-order valence-corrected chi connectivity index (χ4v) is 4.19. The summed E-state index contributed by atoms with van der Waals surface area (Å²) in [5.41, 5.74) is 7.02. The molecule has 1 aromatic carbocycles. The van der Waals surface area contributed by atoms with Gasteiger partial charge in [-0.15, -0.1) is 0 Å². The van der Waals surface area contributed by atoms with Gasteiger partial charge in [-0.3, -0.25) is 4.98 Å². The van der Waals surface area contributed by atoms with Crippen LogP contribution in [0.5, 0.6) is 0 Å². The van der Waals surface area contributed by atoms with E-state index in [2.05, 4.69) is 78.1 Å². The summed E-state index contributed by atoms with van der Waals surface area (Å²) < 4.78 is 0. The van der Waals surface area contributed by atoms with Crippen molar-refractivity contribution in [2.45, 2.75) is 59.3 Å². The van der Waals surface area contributed by atoms with Gasteiger partial charge in [-0.1, -0.05) is 58.9 Å². The fourth-order valence-electron chi connectivity index (χ4n) is 4.19. The van der Waals surface area contributed by atoms with E-state index in [1.807, 2.05) is 0 Å². The molecule has 1 aliphatic rings. The monoisotopic (exact) mass is 293 g/mol. The van der Waals surface area contributed by atoms with E-state index in [-0.39, 0.29) is 10.8 Å². The van der Waals surface area contributed by atoms with Gasteiger partial charge in [0.1, 0.15) is 0 Å². The average Bonchev–Trinajstić information content (AvgIpc) is 2.62. The van der Waals surface area contributed by atoms with Crippen LogP contribution in [0.15, 0.2) is 36.5 Å². The number of fused-ring (bicyclic) bond motifs is 1. The Kier molecular flexibility index (Phi) is 3.43. The first-order chi connectivity index (χ1) is 10.3. The van der Waals surface area contributed by atoms with Gasteiger partial charge in [-0.05, 0) is 52.8 Å². The highest BCUT2D eigenvalue weighted by Gasteiger charge is 2.51. The Morgan fingerprint density at radius 1 is 1.09 bits per heavy atom. The fraction of sp³-hybridized carbons (Fsp3) is 0.476. The van der Waals surface area contributed by atoms with E-state index in [0.29, 0.717) is 5.92 Å². The molecule has 0 amide bonds. The molecule has 0 radical (unpaired) electrons. The van der Waals surface area contributed by atoms with E-state index in [1.165, 1.54) is 28.7 Å². The topological polar surface area (TPSA) is 12.9 Å². The molecule has 0 fully saturated rings. The van der Waals surface area contributed by atoms with Crippen LogP contribution in [-0.4, -0.2) is 4.98 Å². The van der Waals surface area contributed by atoms with Gasteiger partial charge in [-0.2, -0.15) is 0 Å². The Hall–Kier alpha value is -1.63. The van der Waals surface area contributed by atoms with Crippen molar-refractivity contribution in [1.29, 1.82) is 0 Å². The molecule has 1 unspecified atom stereocenters. The lowest BCUT2D eigenvalue weighted by molar-refractivity contribution is 0.178. The Labute approximate surface area is 134 Å². The summed E-state index contributed by atoms with van der Waals surface area (Å²) in [7, 11) is 0. The van der Waals surface area contributed by atoms with Crippen LogP contribution in [0.2, 0.25) is 0 Å². The number of hydrogen-bond acceptors (Lipinski definition) is 1. The van der Waals surface area contributed by atoms with Gasteiger partial charge in [0.05, 0.1) is 5.69 Å². The molecule has 0 bridgehead atoms. The Morgan fingerprint density at radius 3 is 2.41 bits per heavy atom. The molecule has 1 aromatic heterocycles. The van der Waals surface area contributed by atoms with Gasteiger partial charge in [0.2, 0.25) is 0 Å². The van der Waals surface area contributed by atoms with Crippen LogP contribution in [0, 0.1) is 12.3 Å². The summed E-state index contributed by atoms with van der Waals surface area (Å²) in [6, 6.07) is 10.9. The number of nitrogens with zero attached hydrogens (tertiary/aromatic N) is 1. The third-order valence-electron chi connectivity index (χ3n) is 6.30. The molecule has 22 heavy (non-hydrogen) atoms. The molecule has 0 spiro atoms. The highest BCUT2D eigenvalue weighted by Crippen LogP contribution is 2.59. The van der Waals surface area contributed by atoms with Crippen molar-refractivity contribution in [3.63, 3.8) is 0 Å². The predicted molar refractivity (Wildman–Crippen MR) is 94.2 cm³/mol. The SMILES string of the molecule is CCC1c2cc(-c3ccccc3C)ncc2C(C)(C)C1(C)C. The van der Waals surface area contributed by atoms with E-state index in [9.17, 15) is 0 Å². The minimum atomic E-state index is 0.167. The number of aromatic nitrogens is 1. The van der Waals surface area contributed by atoms with E-state index < -0.39 is 0 Å². The lowest BCUT2D eigenvalue weighted by Gasteiger charge is -2.39. The van der Waals surface area contributed by atoms with Crippen molar-refractivity contribution in [3.05, 3.63) is 53.2 Å². The Balaban J connectivity index is 2.19. The minimum absolute atomic E-state index is 0.167. The van der Waals surface area contributed by atoms with Crippen LogP contribution in [0.1, 0.15) is 63.6 Å². The summed E-state index contributed by atoms with van der Waals surface area (Å²) >= 11 is 0. The summed E-state index contributed by atoms with van der Waals surface area (Å²) in [4.78, 5) is 4.81. The predicted octanol–water partition coefficient (Wildman–Crippen LogP) is 5.87. The summed E-state index contributed by atoms with van der Waals surface area (Å²) in [5, 5.41) is 0. The second-order valence-electron chi connectivity index (χ2n) is 7.78. The van der Waals surface area contributed by atoms with Crippen LogP contribution in [0.3, 0.4) is 0 Å². The number of rotatable bonds is 2. The zero-order chi connectivity index (χ0) is 16.1. The zero-order valence-corrected chi connectivity index (χ0v) is 14.7. The van der Waals surface area contributed by atoms with Crippen LogP contribution in [0.4, 0.5) is 0 Å². The van der Waals surface area contributed by atoms with Crippen molar-refractivity contribution in [2.75, 3.05) is 0 Å². The summed E-state index contributed by atoms with van der Waals surface area (Å²) in [6.07, 6.45) is 3.31. The van der Waals surface area contributed by atoms with Crippen molar-refractivity contribution in [3.8, 4) is 11.3 Å². The van der Waals surface area contributed by atoms with Gasteiger partial charge < -0.3 is 0 Å². The first-order valence-electron chi connectivity index (χ1n) is 8.37. The molecule has 0 aliphatic heterocycles. The van der Waals surface area contributed by atoms with E-state index in [4.69, 9.17) is 4.98 Å². The molecule has 1 atom stereocenters. The Morgan fingerprint density at radius 2 is 1.77 bits per heavy atom. The molecule has 3 rings (SSSR count). The molecule has 116 valence electrons. The maximum atomic E-state index is 4.81. The third-order valence-corrected chi connectivity index (χ3v) is 6.30. The van der Waals surface area contributed by atoms with Gasteiger partial charge in [0.25, 0.3) is 0 Å². The maximum absolute atomic E-state index is 4.81. The van der Waals surface area contributed by atoms with Crippen molar-refractivity contribution >= 4 is 0 Å². The lowest BCUT2D eigenvalue weighted by Crippen LogP contribution is -2.34. The third kappa shape index (κ3) is 1.95. The van der Waals surface area contributed by atoms with E-state index >= 15 is 0 Å². The van der Waals surface area contributed by atoms with Crippen LogP contribution in [-0.2, 0) is 5.41 Å².